The third kappa shape index (κ3) is 6.75. The molecule has 0 saturated carbocycles. The van der Waals surface area contributed by atoms with Crippen molar-refractivity contribution in [2.24, 2.45) is 0 Å². The number of esters is 1. The molecule has 0 saturated heterocycles. The molecule has 148 valence electrons. The van der Waals surface area contributed by atoms with E-state index >= 15 is 0 Å². The quantitative estimate of drug-likeness (QED) is 0.644. The van der Waals surface area contributed by atoms with Crippen molar-refractivity contribution in [2.75, 3.05) is 26.8 Å². The van der Waals surface area contributed by atoms with E-state index in [1.54, 1.807) is 24.3 Å². The Balaban J connectivity index is 1.67. The Hall–Kier alpha value is -3.35. The van der Waals surface area contributed by atoms with Crippen molar-refractivity contribution in [1.29, 1.82) is 0 Å². The van der Waals surface area contributed by atoms with Gasteiger partial charge in [-0.1, -0.05) is 43.3 Å². The topological polar surface area (TPSA) is 93.7 Å². The fourth-order valence-corrected chi connectivity index (χ4v) is 2.43. The van der Waals surface area contributed by atoms with Crippen molar-refractivity contribution in [3.63, 3.8) is 0 Å². The van der Waals surface area contributed by atoms with E-state index in [-0.39, 0.29) is 12.5 Å². The standard InChI is InChI=1S/C21H24N2O5/c1-15(16-7-4-3-5-8-16)12-22-19(24)14-28-20(25)13-23-21(26)17-9-6-10-18(11-17)27-2/h3-11,15H,12-14H2,1-2H3,(H,22,24)(H,23,26)/t15-/m0/s1. The van der Waals surface area contributed by atoms with Gasteiger partial charge in [-0.25, -0.2) is 0 Å². The summed E-state index contributed by atoms with van der Waals surface area (Å²) >= 11 is 0. The van der Waals surface area contributed by atoms with E-state index in [1.165, 1.54) is 7.11 Å². The maximum Gasteiger partial charge on any atom is 0.325 e. The van der Waals surface area contributed by atoms with Crippen LogP contribution in [0.5, 0.6) is 5.75 Å². The van der Waals surface area contributed by atoms with Gasteiger partial charge in [0.25, 0.3) is 11.8 Å². The number of ether oxygens (including phenoxy) is 2. The van der Waals surface area contributed by atoms with E-state index in [1.807, 2.05) is 37.3 Å². The zero-order valence-corrected chi connectivity index (χ0v) is 15.9. The predicted molar refractivity (Wildman–Crippen MR) is 104 cm³/mol. The minimum absolute atomic E-state index is 0.142. The molecule has 2 amide bonds. The van der Waals surface area contributed by atoms with Crippen LogP contribution in [0.4, 0.5) is 0 Å². The third-order valence-corrected chi connectivity index (χ3v) is 4.06. The van der Waals surface area contributed by atoms with Crippen LogP contribution in [0.25, 0.3) is 0 Å². The van der Waals surface area contributed by atoms with Crippen LogP contribution in [-0.2, 0) is 14.3 Å². The molecule has 0 unspecified atom stereocenters. The molecule has 0 fully saturated rings. The minimum atomic E-state index is -0.692. The lowest BCUT2D eigenvalue weighted by atomic mass is 10.0. The lowest BCUT2D eigenvalue weighted by molar-refractivity contribution is -0.147. The Morgan fingerprint density at radius 3 is 2.46 bits per heavy atom. The van der Waals surface area contributed by atoms with Gasteiger partial charge < -0.3 is 20.1 Å². The number of nitrogens with one attached hydrogen (secondary N) is 2. The van der Waals surface area contributed by atoms with Crippen LogP contribution in [-0.4, -0.2) is 44.6 Å². The van der Waals surface area contributed by atoms with Crippen LogP contribution in [0.3, 0.4) is 0 Å². The fourth-order valence-electron chi connectivity index (χ4n) is 2.43. The summed E-state index contributed by atoms with van der Waals surface area (Å²) in [6, 6.07) is 16.3. The lowest BCUT2D eigenvalue weighted by Gasteiger charge is -2.13. The second kappa shape index (κ2) is 10.7. The third-order valence-electron chi connectivity index (χ3n) is 4.06. The van der Waals surface area contributed by atoms with Gasteiger partial charge in [0.1, 0.15) is 12.3 Å². The summed E-state index contributed by atoms with van der Waals surface area (Å²) in [5.41, 5.74) is 1.47. The highest BCUT2D eigenvalue weighted by Crippen LogP contribution is 2.13. The molecule has 0 heterocycles. The molecule has 0 bridgehead atoms. The van der Waals surface area contributed by atoms with Crippen LogP contribution in [0.1, 0.15) is 28.8 Å². The largest absolute Gasteiger partial charge is 0.497 e. The predicted octanol–water partition coefficient (Wildman–Crippen LogP) is 1.89. The zero-order chi connectivity index (χ0) is 20.4. The summed E-state index contributed by atoms with van der Waals surface area (Å²) in [7, 11) is 1.50. The summed E-state index contributed by atoms with van der Waals surface area (Å²) in [5, 5.41) is 5.17. The highest BCUT2D eigenvalue weighted by atomic mass is 16.5. The maximum absolute atomic E-state index is 12.0. The first-order valence-electron chi connectivity index (χ1n) is 8.89. The van der Waals surface area contributed by atoms with Crippen molar-refractivity contribution in [3.8, 4) is 5.75 Å². The first-order chi connectivity index (χ1) is 13.5. The van der Waals surface area contributed by atoms with Crippen molar-refractivity contribution in [2.45, 2.75) is 12.8 Å². The highest BCUT2D eigenvalue weighted by molar-refractivity contribution is 5.96. The van der Waals surface area contributed by atoms with Crippen LogP contribution >= 0.6 is 0 Å². The van der Waals surface area contributed by atoms with Crippen molar-refractivity contribution >= 4 is 17.8 Å². The monoisotopic (exact) mass is 384 g/mol. The smallest absolute Gasteiger partial charge is 0.325 e. The molecule has 0 spiro atoms. The average Bonchev–Trinajstić information content (AvgIpc) is 2.74. The first kappa shape index (κ1) is 21.0. The zero-order valence-electron chi connectivity index (χ0n) is 15.9. The van der Waals surface area contributed by atoms with Crippen LogP contribution < -0.4 is 15.4 Å². The number of hydrogen-bond acceptors (Lipinski definition) is 5. The molecule has 7 heteroatoms. The second-order valence-electron chi connectivity index (χ2n) is 6.19. The maximum atomic E-state index is 12.0. The van der Waals surface area contributed by atoms with Crippen molar-refractivity contribution in [1.82, 2.24) is 10.6 Å². The van der Waals surface area contributed by atoms with Crippen molar-refractivity contribution < 1.29 is 23.9 Å². The fraction of sp³-hybridized carbons (Fsp3) is 0.286. The molecule has 0 aromatic heterocycles. The Morgan fingerprint density at radius 1 is 1.00 bits per heavy atom. The average molecular weight is 384 g/mol. The lowest BCUT2D eigenvalue weighted by Crippen LogP contribution is -2.35. The SMILES string of the molecule is COc1cccc(C(=O)NCC(=O)OCC(=O)NC[C@H](C)c2ccccc2)c1. The number of benzene rings is 2. The summed E-state index contributed by atoms with van der Waals surface area (Å²) in [5.74, 6) is -0.839. The highest BCUT2D eigenvalue weighted by Gasteiger charge is 2.12. The molecule has 0 aliphatic carbocycles. The number of rotatable bonds is 9. The van der Waals surface area contributed by atoms with E-state index in [4.69, 9.17) is 9.47 Å². The summed E-state index contributed by atoms with van der Waals surface area (Å²) in [6.07, 6.45) is 0. The van der Waals surface area contributed by atoms with Gasteiger partial charge in [0.2, 0.25) is 0 Å². The van der Waals surface area contributed by atoms with Gasteiger partial charge in [-0.05, 0) is 29.7 Å². The van der Waals surface area contributed by atoms with E-state index in [0.29, 0.717) is 17.9 Å². The molecule has 2 rings (SSSR count). The Morgan fingerprint density at radius 2 is 1.75 bits per heavy atom. The summed E-state index contributed by atoms with van der Waals surface area (Å²) < 4.78 is 9.93. The van der Waals surface area contributed by atoms with Gasteiger partial charge in [-0.2, -0.15) is 0 Å². The Bertz CT molecular complexity index is 807. The molecule has 2 aromatic carbocycles. The molecule has 7 nitrogen and oxygen atoms in total. The molecule has 0 radical (unpaired) electrons. The van der Waals surface area contributed by atoms with Crippen LogP contribution in [0.15, 0.2) is 54.6 Å². The molecule has 1 atom stereocenters. The van der Waals surface area contributed by atoms with Gasteiger partial charge in [-0.3, -0.25) is 14.4 Å². The van der Waals surface area contributed by atoms with E-state index in [2.05, 4.69) is 10.6 Å². The first-order valence-corrected chi connectivity index (χ1v) is 8.89. The van der Waals surface area contributed by atoms with Crippen LogP contribution in [0, 0.1) is 0 Å². The molecule has 28 heavy (non-hydrogen) atoms. The number of carbonyl (C=O) groups excluding carboxylic acids is 3. The summed E-state index contributed by atoms with van der Waals surface area (Å²) in [4.78, 5) is 35.6. The minimum Gasteiger partial charge on any atom is -0.497 e. The normalized spacial score (nSPS) is 11.2. The molecule has 0 aliphatic rings. The summed E-state index contributed by atoms with van der Waals surface area (Å²) in [6.45, 7) is 1.71. The van der Waals surface area contributed by atoms with Crippen molar-refractivity contribution in [3.05, 3.63) is 65.7 Å². The van der Waals surface area contributed by atoms with Gasteiger partial charge in [0.15, 0.2) is 6.61 Å². The van der Waals surface area contributed by atoms with Gasteiger partial charge >= 0.3 is 5.97 Å². The molecular weight excluding hydrogens is 360 g/mol. The van der Waals surface area contributed by atoms with E-state index < -0.39 is 24.4 Å². The van der Waals surface area contributed by atoms with Gasteiger partial charge in [0.05, 0.1) is 7.11 Å². The number of methoxy groups -OCH3 is 1. The molecule has 2 aromatic rings. The van der Waals surface area contributed by atoms with E-state index in [0.717, 1.165) is 5.56 Å². The molecule has 2 N–H and O–H groups in total. The second-order valence-corrected chi connectivity index (χ2v) is 6.19. The Labute approximate surface area is 164 Å². The van der Waals surface area contributed by atoms with Gasteiger partial charge in [0, 0.05) is 12.1 Å². The van der Waals surface area contributed by atoms with Gasteiger partial charge in [-0.15, -0.1) is 0 Å². The number of amides is 2. The van der Waals surface area contributed by atoms with E-state index in [9.17, 15) is 14.4 Å². The Kier molecular flexibility index (Phi) is 8.02. The number of hydrogen-bond donors (Lipinski definition) is 2. The van der Waals surface area contributed by atoms with Crippen LogP contribution in [0.2, 0.25) is 0 Å². The molecule has 0 aliphatic heterocycles. The molecular formula is C21H24N2O5. The number of carbonyl (C=O) groups is 3.